The Hall–Kier alpha value is -1.71. The third-order valence-electron chi connectivity index (χ3n) is 6.13. The quantitative estimate of drug-likeness (QED) is 0.253. The van der Waals surface area contributed by atoms with Gasteiger partial charge in [-0.25, -0.2) is 9.78 Å². The maximum atomic E-state index is 13.3. The first kappa shape index (κ1) is 26.9. The first-order valence-corrected chi connectivity index (χ1v) is 14.7. The van der Waals surface area contributed by atoms with Gasteiger partial charge in [-0.3, -0.25) is 10.1 Å². The van der Waals surface area contributed by atoms with Gasteiger partial charge in [-0.2, -0.15) is 11.8 Å². The molecule has 1 fully saturated rings. The Labute approximate surface area is 215 Å². The summed E-state index contributed by atoms with van der Waals surface area (Å²) in [5.74, 6) is 2.18. The van der Waals surface area contributed by atoms with E-state index in [4.69, 9.17) is 0 Å². The van der Waals surface area contributed by atoms with Crippen LogP contribution in [0.2, 0.25) is 0 Å². The van der Waals surface area contributed by atoms with E-state index in [1.165, 1.54) is 28.7 Å². The normalized spacial score (nSPS) is 18.4. The van der Waals surface area contributed by atoms with Crippen LogP contribution in [0.4, 0.5) is 9.93 Å². The molecule has 0 unspecified atom stereocenters. The minimum absolute atomic E-state index is 0.0865. The van der Waals surface area contributed by atoms with Crippen molar-refractivity contribution in [2.24, 2.45) is 11.3 Å². The summed E-state index contributed by atoms with van der Waals surface area (Å²) in [7, 11) is 0. The number of anilines is 1. The summed E-state index contributed by atoms with van der Waals surface area (Å²) in [6.45, 7) is 6.43. The zero-order valence-corrected chi connectivity index (χ0v) is 22.6. The molecule has 2 amide bonds. The number of carboxylic acid groups (broad SMARTS) is 1. The number of nitrogens with zero attached hydrogens (tertiary/aromatic N) is 2. The van der Waals surface area contributed by atoms with Crippen LogP contribution >= 0.6 is 34.9 Å². The maximum Gasteiger partial charge on any atom is 0.323 e. The number of benzene rings is 1. The lowest BCUT2D eigenvalue weighted by Gasteiger charge is -2.36. The predicted octanol–water partition coefficient (Wildman–Crippen LogP) is 6.69. The molecule has 2 N–H and O–H groups in total. The average molecular weight is 522 g/mol. The first-order valence-electron chi connectivity index (χ1n) is 11.8. The van der Waals surface area contributed by atoms with E-state index in [9.17, 15) is 14.7 Å². The Morgan fingerprint density at radius 3 is 2.59 bits per heavy atom. The maximum absolute atomic E-state index is 13.3. The van der Waals surface area contributed by atoms with Crippen molar-refractivity contribution in [1.82, 2.24) is 9.88 Å². The Bertz CT molecular complexity index is 928. The molecule has 2 aromatic rings. The van der Waals surface area contributed by atoms with Gasteiger partial charge in [-0.05, 0) is 51.0 Å². The molecule has 1 heterocycles. The minimum atomic E-state index is -0.819. The number of carbonyl (C=O) groups excluding carboxylic acids is 1. The standard InChI is InChI=1S/C25H35N3O3S3/c1-18-9-11-20(12-10-18)28(13-14-32-16-19-7-5-4-6-8-19)24(31)27-23-26-15-21(34-23)33-17-25(2,3)22(29)30/h4-8,15,18,20H,9-14,16-17H2,1-3H3,(H,29,30)(H,26,27,31). The van der Waals surface area contributed by atoms with Crippen LogP contribution in [-0.4, -0.2) is 51.1 Å². The number of thioether (sulfide) groups is 2. The van der Waals surface area contributed by atoms with Crippen molar-refractivity contribution in [3.63, 3.8) is 0 Å². The second-order valence-electron chi connectivity index (χ2n) is 9.54. The fraction of sp³-hybridized carbons (Fsp3) is 0.560. The summed E-state index contributed by atoms with van der Waals surface area (Å²) in [6, 6.07) is 10.6. The number of amides is 2. The summed E-state index contributed by atoms with van der Waals surface area (Å²) < 4.78 is 0.904. The molecular formula is C25H35N3O3S3. The van der Waals surface area contributed by atoms with Gasteiger partial charge in [0.25, 0.3) is 0 Å². The van der Waals surface area contributed by atoms with Crippen molar-refractivity contribution in [1.29, 1.82) is 0 Å². The third-order valence-corrected chi connectivity index (χ3v) is 9.70. The van der Waals surface area contributed by atoms with Crippen LogP contribution in [0.15, 0.2) is 40.7 Å². The second-order valence-corrected chi connectivity index (χ2v) is 12.9. The lowest BCUT2D eigenvalue weighted by Crippen LogP contribution is -2.45. The number of carboxylic acids is 1. The second kappa shape index (κ2) is 12.8. The fourth-order valence-corrected chi connectivity index (χ4v) is 6.63. The molecule has 9 heteroatoms. The highest BCUT2D eigenvalue weighted by Crippen LogP contribution is 2.34. The van der Waals surface area contributed by atoms with Gasteiger partial charge in [-0.1, -0.05) is 48.6 Å². The highest BCUT2D eigenvalue weighted by molar-refractivity contribution is 8.01. The van der Waals surface area contributed by atoms with Crippen molar-refractivity contribution in [3.8, 4) is 0 Å². The molecule has 3 rings (SSSR count). The van der Waals surface area contributed by atoms with Crippen molar-refractivity contribution in [3.05, 3.63) is 42.1 Å². The molecule has 186 valence electrons. The van der Waals surface area contributed by atoms with Gasteiger partial charge in [0.15, 0.2) is 5.13 Å². The molecule has 0 spiro atoms. The zero-order valence-electron chi connectivity index (χ0n) is 20.2. The van der Waals surface area contributed by atoms with Crippen LogP contribution < -0.4 is 5.32 Å². The lowest BCUT2D eigenvalue weighted by atomic mass is 9.86. The van der Waals surface area contributed by atoms with Crippen molar-refractivity contribution < 1.29 is 14.7 Å². The lowest BCUT2D eigenvalue weighted by molar-refractivity contribution is -0.145. The van der Waals surface area contributed by atoms with E-state index < -0.39 is 11.4 Å². The van der Waals surface area contributed by atoms with Gasteiger partial charge in [0.2, 0.25) is 0 Å². The Morgan fingerprint density at radius 2 is 1.91 bits per heavy atom. The highest BCUT2D eigenvalue weighted by Gasteiger charge is 2.29. The summed E-state index contributed by atoms with van der Waals surface area (Å²) in [5, 5.41) is 12.9. The van der Waals surface area contributed by atoms with E-state index in [2.05, 4.69) is 41.5 Å². The highest BCUT2D eigenvalue weighted by atomic mass is 32.2. The van der Waals surface area contributed by atoms with Crippen LogP contribution in [0.5, 0.6) is 0 Å². The van der Waals surface area contributed by atoms with E-state index in [0.29, 0.717) is 17.4 Å². The summed E-state index contributed by atoms with van der Waals surface area (Å²) in [5.41, 5.74) is 0.485. The molecule has 0 saturated heterocycles. The molecule has 6 nitrogen and oxygen atoms in total. The molecule has 0 radical (unpaired) electrons. The van der Waals surface area contributed by atoms with E-state index in [1.807, 2.05) is 22.7 Å². The van der Waals surface area contributed by atoms with Gasteiger partial charge < -0.3 is 10.0 Å². The molecule has 0 aliphatic heterocycles. The smallest absolute Gasteiger partial charge is 0.323 e. The number of carbonyl (C=O) groups is 2. The van der Waals surface area contributed by atoms with E-state index in [1.54, 1.807) is 20.0 Å². The fourth-order valence-electron chi connectivity index (χ4n) is 3.79. The Morgan fingerprint density at radius 1 is 1.21 bits per heavy atom. The topological polar surface area (TPSA) is 82.5 Å². The van der Waals surface area contributed by atoms with E-state index >= 15 is 0 Å². The summed E-state index contributed by atoms with van der Waals surface area (Å²) in [6.07, 6.45) is 6.11. The van der Waals surface area contributed by atoms with Gasteiger partial charge >= 0.3 is 12.0 Å². The largest absolute Gasteiger partial charge is 0.481 e. The number of hydrogen-bond acceptors (Lipinski definition) is 6. The van der Waals surface area contributed by atoms with Gasteiger partial charge in [0.05, 0.1) is 15.8 Å². The molecule has 1 aliphatic carbocycles. The average Bonchev–Trinajstić information content (AvgIpc) is 3.26. The number of nitrogens with one attached hydrogen (secondary N) is 1. The minimum Gasteiger partial charge on any atom is -0.481 e. The zero-order chi connectivity index (χ0) is 24.6. The number of aromatic nitrogens is 1. The number of aliphatic carboxylic acids is 1. The number of urea groups is 1. The monoisotopic (exact) mass is 521 g/mol. The van der Waals surface area contributed by atoms with Crippen molar-refractivity contribution in [2.75, 3.05) is 23.4 Å². The van der Waals surface area contributed by atoms with Crippen LogP contribution in [0.25, 0.3) is 0 Å². The molecule has 1 aromatic heterocycles. The summed E-state index contributed by atoms with van der Waals surface area (Å²) in [4.78, 5) is 31.0. The number of thiazole rings is 1. The molecule has 0 bridgehead atoms. The predicted molar refractivity (Wildman–Crippen MR) is 144 cm³/mol. The van der Waals surface area contributed by atoms with Gasteiger partial charge in [0.1, 0.15) is 0 Å². The van der Waals surface area contributed by atoms with Crippen molar-refractivity contribution >= 4 is 52.0 Å². The Kier molecular flexibility index (Phi) is 10.2. The molecule has 0 atom stereocenters. The molecule has 1 saturated carbocycles. The molecule has 34 heavy (non-hydrogen) atoms. The summed E-state index contributed by atoms with van der Waals surface area (Å²) >= 11 is 4.71. The number of hydrogen-bond donors (Lipinski definition) is 2. The molecular weight excluding hydrogens is 486 g/mol. The van der Waals surface area contributed by atoms with Crippen LogP contribution in [0.3, 0.4) is 0 Å². The van der Waals surface area contributed by atoms with E-state index in [-0.39, 0.29) is 12.1 Å². The van der Waals surface area contributed by atoms with Crippen LogP contribution in [0.1, 0.15) is 52.0 Å². The molecule has 1 aromatic carbocycles. The van der Waals surface area contributed by atoms with Gasteiger partial charge in [-0.15, -0.1) is 11.8 Å². The third kappa shape index (κ3) is 8.20. The number of rotatable bonds is 11. The van der Waals surface area contributed by atoms with Gasteiger partial charge in [0, 0.05) is 29.8 Å². The Balaban J connectivity index is 1.56. The van der Waals surface area contributed by atoms with Crippen LogP contribution in [0, 0.1) is 11.3 Å². The van der Waals surface area contributed by atoms with Crippen LogP contribution in [-0.2, 0) is 10.5 Å². The SMILES string of the molecule is CC1CCC(N(CCSCc2ccccc2)C(=O)Nc2ncc(SCC(C)(C)C(=O)O)s2)CC1. The van der Waals surface area contributed by atoms with Crippen molar-refractivity contribution in [2.45, 2.75) is 62.5 Å². The van der Waals surface area contributed by atoms with E-state index in [0.717, 1.165) is 47.3 Å². The molecule has 1 aliphatic rings. The first-order chi connectivity index (χ1) is 16.2.